The number of anilines is 1. The number of amides is 1. The minimum absolute atomic E-state index is 0.0335. The van der Waals surface area contributed by atoms with Crippen LogP contribution in [-0.4, -0.2) is 44.3 Å². The highest BCUT2D eigenvalue weighted by Crippen LogP contribution is 2.34. The van der Waals surface area contributed by atoms with E-state index in [0.29, 0.717) is 11.5 Å². The number of carboxylic acids is 1. The molecule has 0 aliphatic rings. The maximum absolute atomic E-state index is 12.3. The molecule has 0 spiro atoms. The molecule has 138 valence electrons. The molecule has 0 aliphatic heterocycles. The first-order valence-corrected chi connectivity index (χ1v) is 7.49. The van der Waals surface area contributed by atoms with Crippen LogP contribution in [0.2, 0.25) is 0 Å². The average Bonchev–Trinajstić information content (AvgIpc) is 2.51. The largest absolute Gasteiger partial charge is 0.493 e. The molecule has 0 saturated heterocycles. The molecule has 0 bridgehead atoms. The fourth-order valence-electron chi connectivity index (χ4n) is 2.36. The minimum Gasteiger partial charge on any atom is -0.493 e. The van der Waals surface area contributed by atoms with Crippen LogP contribution in [0, 0.1) is 5.41 Å². The first-order valence-electron chi connectivity index (χ1n) is 7.49. The van der Waals surface area contributed by atoms with Crippen LogP contribution in [0.25, 0.3) is 0 Å². The summed E-state index contributed by atoms with van der Waals surface area (Å²) in [5, 5.41) is 11.5. The lowest BCUT2D eigenvalue weighted by Crippen LogP contribution is -2.25. The first-order chi connectivity index (χ1) is 11.6. The van der Waals surface area contributed by atoms with Crippen LogP contribution in [0.5, 0.6) is 11.5 Å². The van der Waals surface area contributed by atoms with Crippen molar-refractivity contribution >= 4 is 23.5 Å². The maximum atomic E-state index is 12.3. The van der Waals surface area contributed by atoms with Gasteiger partial charge < -0.3 is 24.6 Å². The summed E-state index contributed by atoms with van der Waals surface area (Å²) in [7, 11) is 4.07. The number of hydrogen-bond acceptors (Lipinski definition) is 6. The van der Waals surface area contributed by atoms with Gasteiger partial charge in [0.1, 0.15) is 0 Å². The molecule has 8 nitrogen and oxygen atoms in total. The van der Waals surface area contributed by atoms with Crippen LogP contribution in [0.3, 0.4) is 0 Å². The summed E-state index contributed by atoms with van der Waals surface area (Å²) in [6.45, 7) is 3.35. The van der Waals surface area contributed by atoms with Crippen molar-refractivity contribution in [3.8, 4) is 11.5 Å². The summed E-state index contributed by atoms with van der Waals surface area (Å²) in [5.41, 5.74) is -0.442. The maximum Gasteiger partial charge on any atom is 0.340 e. The molecule has 8 heteroatoms. The highest BCUT2D eigenvalue weighted by atomic mass is 16.5. The number of esters is 1. The highest BCUT2D eigenvalue weighted by molar-refractivity contribution is 6.02. The van der Waals surface area contributed by atoms with Crippen molar-refractivity contribution in [3.63, 3.8) is 0 Å². The smallest absolute Gasteiger partial charge is 0.340 e. The molecular formula is C17H23NO7. The van der Waals surface area contributed by atoms with E-state index in [1.165, 1.54) is 33.5 Å². The Morgan fingerprint density at radius 3 is 2.08 bits per heavy atom. The van der Waals surface area contributed by atoms with Gasteiger partial charge in [0.05, 0.1) is 39.0 Å². The van der Waals surface area contributed by atoms with Gasteiger partial charge >= 0.3 is 11.9 Å². The van der Waals surface area contributed by atoms with E-state index in [9.17, 15) is 14.4 Å². The molecule has 25 heavy (non-hydrogen) atoms. The average molecular weight is 353 g/mol. The van der Waals surface area contributed by atoms with Gasteiger partial charge in [-0.15, -0.1) is 0 Å². The van der Waals surface area contributed by atoms with E-state index >= 15 is 0 Å². The molecule has 0 aromatic heterocycles. The molecule has 1 rings (SSSR count). The van der Waals surface area contributed by atoms with Crippen molar-refractivity contribution in [2.75, 3.05) is 26.6 Å². The number of ether oxygens (including phenoxy) is 3. The van der Waals surface area contributed by atoms with Gasteiger partial charge in [-0.1, -0.05) is 13.8 Å². The van der Waals surface area contributed by atoms with Gasteiger partial charge in [0, 0.05) is 18.6 Å². The number of hydrogen-bond donors (Lipinski definition) is 2. The molecule has 0 atom stereocenters. The fourth-order valence-corrected chi connectivity index (χ4v) is 2.36. The molecule has 0 saturated carbocycles. The molecule has 1 aromatic carbocycles. The van der Waals surface area contributed by atoms with Crippen LogP contribution < -0.4 is 14.8 Å². The Morgan fingerprint density at radius 2 is 1.60 bits per heavy atom. The normalized spacial score (nSPS) is 10.8. The van der Waals surface area contributed by atoms with Crippen LogP contribution >= 0.6 is 0 Å². The van der Waals surface area contributed by atoms with E-state index in [0.717, 1.165) is 0 Å². The lowest BCUT2D eigenvalue weighted by molar-refractivity contribution is -0.139. The van der Waals surface area contributed by atoms with E-state index in [-0.39, 0.29) is 24.1 Å². The summed E-state index contributed by atoms with van der Waals surface area (Å²) in [5.74, 6) is -1.42. The number of benzene rings is 1. The zero-order valence-corrected chi connectivity index (χ0v) is 15.0. The Bertz CT molecular complexity index is 667. The summed E-state index contributed by atoms with van der Waals surface area (Å²) in [6.07, 6.45) is -0.190. The summed E-state index contributed by atoms with van der Waals surface area (Å²) >= 11 is 0. The molecule has 0 fully saturated rings. The van der Waals surface area contributed by atoms with E-state index in [1.807, 2.05) is 0 Å². The Hall–Kier alpha value is -2.77. The quantitative estimate of drug-likeness (QED) is 0.690. The van der Waals surface area contributed by atoms with Gasteiger partial charge in [0.25, 0.3) is 0 Å². The van der Waals surface area contributed by atoms with Gasteiger partial charge in [0.15, 0.2) is 11.5 Å². The molecular weight excluding hydrogens is 330 g/mol. The van der Waals surface area contributed by atoms with Crippen molar-refractivity contribution in [1.82, 2.24) is 0 Å². The molecule has 1 amide bonds. The third-order valence-corrected chi connectivity index (χ3v) is 3.47. The lowest BCUT2D eigenvalue weighted by atomic mass is 9.85. The van der Waals surface area contributed by atoms with E-state index in [1.54, 1.807) is 13.8 Å². The zero-order chi connectivity index (χ0) is 19.2. The Morgan fingerprint density at radius 1 is 1.04 bits per heavy atom. The number of methoxy groups -OCH3 is 3. The summed E-state index contributed by atoms with van der Waals surface area (Å²) in [6, 6.07) is 2.86. The molecule has 1 aromatic rings. The molecule has 0 radical (unpaired) electrons. The number of aliphatic carboxylic acids is 1. The second-order valence-corrected chi connectivity index (χ2v) is 6.20. The lowest BCUT2D eigenvalue weighted by Gasteiger charge is -2.22. The molecule has 0 unspecified atom stereocenters. The number of rotatable bonds is 8. The Kier molecular flexibility index (Phi) is 6.78. The third kappa shape index (κ3) is 5.66. The van der Waals surface area contributed by atoms with Crippen molar-refractivity contribution in [3.05, 3.63) is 17.7 Å². The van der Waals surface area contributed by atoms with Gasteiger partial charge in [-0.05, 0) is 5.41 Å². The first kappa shape index (κ1) is 20.3. The Labute approximate surface area is 146 Å². The van der Waals surface area contributed by atoms with Crippen molar-refractivity contribution in [2.24, 2.45) is 5.41 Å². The summed E-state index contributed by atoms with van der Waals surface area (Å²) < 4.78 is 15.0. The number of carbonyl (C=O) groups excluding carboxylic acids is 2. The van der Waals surface area contributed by atoms with E-state index < -0.39 is 23.3 Å². The van der Waals surface area contributed by atoms with Gasteiger partial charge in [-0.2, -0.15) is 0 Å². The zero-order valence-electron chi connectivity index (χ0n) is 15.0. The summed E-state index contributed by atoms with van der Waals surface area (Å²) in [4.78, 5) is 35.1. The van der Waals surface area contributed by atoms with Crippen molar-refractivity contribution in [2.45, 2.75) is 26.7 Å². The van der Waals surface area contributed by atoms with Crippen molar-refractivity contribution in [1.29, 1.82) is 0 Å². The third-order valence-electron chi connectivity index (χ3n) is 3.47. The standard InChI is InChI=1S/C17H23NO7/c1-17(2,9-15(20)21)8-14(19)18-11-7-13(24-4)12(23-3)6-10(11)16(22)25-5/h6-7H,8-9H2,1-5H3,(H,18,19)(H,20,21). The molecule has 2 N–H and O–H groups in total. The van der Waals surface area contributed by atoms with Gasteiger partial charge in [0.2, 0.25) is 5.91 Å². The second kappa shape index (κ2) is 8.36. The van der Waals surface area contributed by atoms with E-state index in [4.69, 9.17) is 19.3 Å². The number of carbonyl (C=O) groups is 3. The predicted octanol–water partition coefficient (Wildman–Crippen LogP) is 2.32. The van der Waals surface area contributed by atoms with Gasteiger partial charge in [-0.3, -0.25) is 9.59 Å². The fraction of sp³-hybridized carbons (Fsp3) is 0.471. The number of nitrogens with one attached hydrogen (secondary N) is 1. The monoisotopic (exact) mass is 353 g/mol. The highest BCUT2D eigenvalue weighted by Gasteiger charge is 2.26. The number of carboxylic acid groups (broad SMARTS) is 1. The second-order valence-electron chi connectivity index (χ2n) is 6.20. The van der Waals surface area contributed by atoms with Crippen LogP contribution in [0.1, 0.15) is 37.0 Å². The SMILES string of the molecule is COC(=O)c1cc(OC)c(OC)cc1NC(=O)CC(C)(C)CC(=O)O. The molecule has 0 heterocycles. The van der Waals surface area contributed by atoms with Crippen LogP contribution in [0.4, 0.5) is 5.69 Å². The van der Waals surface area contributed by atoms with Gasteiger partial charge in [-0.25, -0.2) is 4.79 Å². The topological polar surface area (TPSA) is 111 Å². The van der Waals surface area contributed by atoms with E-state index in [2.05, 4.69) is 5.32 Å². The molecule has 0 aliphatic carbocycles. The predicted molar refractivity (Wildman–Crippen MR) is 90.2 cm³/mol. The van der Waals surface area contributed by atoms with Crippen molar-refractivity contribution < 1.29 is 33.7 Å². The minimum atomic E-state index is -0.987. The van der Waals surface area contributed by atoms with Crippen LogP contribution in [0.15, 0.2) is 12.1 Å². The Balaban J connectivity index is 3.12. The van der Waals surface area contributed by atoms with Crippen LogP contribution in [-0.2, 0) is 14.3 Å².